The number of rotatable bonds is 3. The Bertz CT molecular complexity index is 398. The van der Waals surface area contributed by atoms with Gasteiger partial charge < -0.3 is 10.4 Å². The molecule has 1 amide bonds. The Morgan fingerprint density at radius 3 is 2.50 bits per heavy atom. The Labute approximate surface area is 109 Å². The molecular formula is C12H14INO2. The highest BCUT2D eigenvalue weighted by Gasteiger charge is 2.03. The highest BCUT2D eigenvalue weighted by molar-refractivity contribution is 14.1. The molecule has 86 valence electrons. The average molecular weight is 331 g/mol. The molecule has 3 nitrogen and oxygen atoms in total. The second-order valence-electron chi connectivity index (χ2n) is 3.59. The molecule has 0 aliphatic heterocycles. The lowest BCUT2D eigenvalue weighted by Crippen LogP contribution is -2.29. The van der Waals surface area contributed by atoms with E-state index in [0.717, 1.165) is 11.1 Å². The minimum atomic E-state index is -1.00. The van der Waals surface area contributed by atoms with Crippen molar-refractivity contribution in [1.29, 1.82) is 0 Å². The van der Waals surface area contributed by atoms with E-state index in [1.54, 1.807) is 0 Å². The molecule has 0 bridgehead atoms. The average Bonchev–Trinajstić information content (AvgIpc) is 2.16. The van der Waals surface area contributed by atoms with Crippen molar-refractivity contribution in [2.75, 3.05) is 0 Å². The molecule has 0 fully saturated rings. The van der Waals surface area contributed by atoms with Gasteiger partial charge in [-0.05, 0) is 59.7 Å². The SMILES string of the molecule is CC(=C[C@@H](C)NC(=O)O)c1ccc(I)cc1. The van der Waals surface area contributed by atoms with Crippen LogP contribution >= 0.6 is 22.6 Å². The lowest BCUT2D eigenvalue weighted by atomic mass is 10.1. The van der Waals surface area contributed by atoms with Crippen molar-refractivity contribution in [3.05, 3.63) is 39.5 Å². The molecule has 0 spiro atoms. The minimum absolute atomic E-state index is 0.184. The molecule has 0 saturated carbocycles. The molecule has 0 radical (unpaired) electrons. The van der Waals surface area contributed by atoms with Crippen LogP contribution in [0.15, 0.2) is 30.3 Å². The number of halogens is 1. The highest BCUT2D eigenvalue weighted by Crippen LogP contribution is 2.16. The Balaban J connectivity index is 2.76. The fourth-order valence-corrected chi connectivity index (χ4v) is 1.78. The molecule has 1 rings (SSSR count). The summed E-state index contributed by atoms with van der Waals surface area (Å²) in [6, 6.07) is 7.93. The normalized spacial score (nSPS) is 13.3. The van der Waals surface area contributed by atoms with Gasteiger partial charge in [-0.15, -0.1) is 0 Å². The zero-order valence-corrected chi connectivity index (χ0v) is 11.4. The van der Waals surface area contributed by atoms with Gasteiger partial charge in [0.1, 0.15) is 0 Å². The van der Waals surface area contributed by atoms with Crippen molar-refractivity contribution < 1.29 is 9.90 Å². The van der Waals surface area contributed by atoms with Crippen molar-refractivity contribution in [3.8, 4) is 0 Å². The molecule has 0 aliphatic carbocycles. The predicted molar refractivity (Wildman–Crippen MR) is 73.4 cm³/mol. The maximum atomic E-state index is 10.4. The van der Waals surface area contributed by atoms with Crippen LogP contribution in [-0.4, -0.2) is 17.2 Å². The Hall–Kier alpha value is -1.04. The summed E-state index contributed by atoms with van der Waals surface area (Å²) < 4.78 is 1.19. The van der Waals surface area contributed by atoms with Crippen molar-refractivity contribution in [2.24, 2.45) is 0 Å². The molecule has 0 aliphatic rings. The maximum Gasteiger partial charge on any atom is 0.405 e. The first kappa shape index (κ1) is 13.0. The Morgan fingerprint density at radius 2 is 2.00 bits per heavy atom. The number of benzene rings is 1. The third kappa shape index (κ3) is 4.22. The van der Waals surface area contributed by atoms with Crippen molar-refractivity contribution in [2.45, 2.75) is 19.9 Å². The molecule has 1 aromatic rings. The summed E-state index contributed by atoms with van der Waals surface area (Å²) in [7, 11) is 0. The largest absolute Gasteiger partial charge is 0.465 e. The third-order valence-electron chi connectivity index (χ3n) is 2.15. The van der Waals surface area contributed by atoms with E-state index < -0.39 is 6.09 Å². The van der Waals surface area contributed by atoms with Gasteiger partial charge in [0, 0.05) is 9.61 Å². The van der Waals surface area contributed by atoms with Crippen LogP contribution in [0, 0.1) is 3.57 Å². The minimum Gasteiger partial charge on any atom is -0.465 e. The van der Waals surface area contributed by atoms with Gasteiger partial charge in [-0.2, -0.15) is 0 Å². The van der Waals surface area contributed by atoms with E-state index in [1.165, 1.54) is 3.57 Å². The number of hydrogen-bond donors (Lipinski definition) is 2. The molecular weight excluding hydrogens is 317 g/mol. The van der Waals surface area contributed by atoms with Crippen LogP contribution in [0.5, 0.6) is 0 Å². The highest BCUT2D eigenvalue weighted by atomic mass is 127. The predicted octanol–water partition coefficient (Wildman–Crippen LogP) is 3.35. The third-order valence-corrected chi connectivity index (χ3v) is 2.87. The second-order valence-corrected chi connectivity index (χ2v) is 4.84. The fraction of sp³-hybridized carbons (Fsp3) is 0.250. The molecule has 0 heterocycles. The second kappa shape index (κ2) is 5.89. The summed E-state index contributed by atoms with van der Waals surface area (Å²) >= 11 is 2.25. The molecule has 0 unspecified atom stereocenters. The maximum absolute atomic E-state index is 10.4. The van der Waals surface area contributed by atoms with E-state index in [1.807, 2.05) is 44.2 Å². The van der Waals surface area contributed by atoms with Crippen LogP contribution in [0.1, 0.15) is 19.4 Å². The molecule has 1 atom stereocenters. The Morgan fingerprint density at radius 1 is 1.44 bits per heavy atom. The van der Waals surface area contributed by atoms with Crippen molar-refractivity contribution >= 4 is 34.3 Å². The molecule has 16 heavy (non-hydrogen) atoms. The Kier molecular flexibility index (Phi) is 4.79. The van der Waals surface area contributed by atoms with Gasteiger partial charge in [0.15, 0.2) is 0 Å². The van der Waals surface area contributed by atoms with Gasteiger partial charge >= 0.3 is 6.09 Å². The van der Waals surface area contributed by atoms with Crippen LogP contribution in [0.2, 0.25) is 0 Å². The quantitative estimate of drug-likeness (QED) is 0.835. The summed E-state index contributed by atoms with van der Waals surface area (Å²) in [6.45, 7) is 3.78. The van der Waals surface area contributed by atoms with E-state index in [0.29, 0.717) is 0 Å². The summed E-state index contributed by atoms with van der Waals surface area (Å²) in [5.41, 5.74) is 2.18. The number of nitrogens with one attached hydrogen (secondary N) is 1. The molecule has 1 aromatic carbocycles. The van der Waals surface area contributed by atoms with Crippen LogP contribution in [0.4, 0.5) is 4.79 Å². The van der Waals surface area contributed by atoms with E-state index in [-0.39, 0.29) is 6.04 Å². The number of carboxylic acid groups (broad SMARTS) is 1. The number of hydrogen-bond acceptors (Lipinski definition) is 1. The summed E-state index contributed by atoms with van der Waals surface area (Å²) in [6.07, 6.45) is 0.898. The lowest BCUT2D eigenvalue weighted by Gasteiger charge is -2.08. The smallest absolute Gasteiger partial charge is 0.405 e. The van der Waals surface area contributed by atoms with Crippen LogP contribution in [-0.2, 0) is 0 Å². The molecule has 0 saturated heterocycles. The number of carbonyl (C=O) groups is 1. The first-order valence-corrected chi connectivity index (χ1v) is 6.00. The fourth-order valence-electron chi connectivity index (χ4n) is 1.42. The van der Waals surface area contributed by atoms with E-state index in [4.69, 9.17) is 5.11 Å². The van der Waals surface area contributed by atoms with Gasteiger partial charge in [0.2, 0.25) is 0 Å². The van der Waals surface area contributed by atoms with Gasteiger partial charge in [-0.1, -0.05) is 18.2 Å². The molecule has 0 aromatic heterocycles. The topological polar surface area (TPSA) is 49.3 Å². The zero-order valence-electron chi connectivity index (χ0n) is 9.20. The standard InChI is InChI=1S/C12H14INO2/c1-8(7-9(2)14-12(15)16)10-3-5-11(13)6-4-10/h3-7,9,14H,1-2H3,(H,15,16)/t9-/m1/s1. The van der Waals surface area contributed by atoms with Gasteiger partial charge in [-0.25, -0.2) is 4.79 Å². The van der Waals surface area contributed by atoms with E-state index in [9.17, 15) is 4.79 Å². The van der Waals surface area contributed by atoms with Crippen LogP contribution < -0.4 is 5.32 Å². The molecule has 4 heteroatoms. The van der Waals surface area contributed by atoms with E-state index in [2.05, 4.69) is 27.9 Å². The zero-order chi connectivity index (χ0) is 12.1. The van der Waals surface area contributed by atoms with Crippen molar-refractivity contribution in [1.82, 2.24) is 5.32 Å². The summed E-state index contributed by atoms with van der Waals surface area (Å²) in [5.74, 6) is 0. The number of amides is 1. The van der Waals surface area contributed by atoms with Gasteiger partial charge in [0.05, 0.1) is 0 Å². The van der Waals surface area contributed by atoms with Crippen LogP contribution in [0.3, 0.4) is 0 Å². The van der Waals surface area contributed by atoms with Crippen LogP contribution in [0.25, 0.3) is 5.57 Å². The summed E-state index contributed by atoms with van der Waals surface area (Å²) in [5, 5.41) is 11.0. The molecule has 2 N–H and O–H groups in total. The lowest BCUT2D eigenvalue weighted by molar-refractivity contribution is 0.193. The summed E-state index contributed by atoms with van der Waals surface area (Å²) in [4.78, 5) is 10.4. The van der Waals surface area contributed by atoms with Crippen molar-refractivity contribution in [3.63, 3.8) is 0 Å². The van der Waals surface area contributed by atoms with Gasteiger partial charge in [0.25, 0.3) is 0 Å². The first-order chi connectivity index (χ1) is 7.49. The first-order valence-electron chi connectivity index (χ1n) is 4.93. The van der Waals surface area contributed by atoms with Gasteiger partial charge in [-0.3, -0.25) is 0 Å². The number of allylic oxidation sites excluding steroid dienone is 1. The van der Waals surface area contributed by atoms with E-state index >= 15 is 0 Å². The monoisotopic (exact) mass is 331 g/mol.